The van der Waals surface area contributed by atoms with Gasteiger partial charge in [-0.3, -0.25) is 0 Å². The second kappa shape index (κ2) is 9.88. The molecule has 0 saturated carbocycles. The number of pyridine rings is 1. The predicted octanol–water partition coefficient (Wildman–Crippen LogP) is 6.59. The topological polar surface area (TPSA) is 35.9 Å². The van der Waals surface area contributed by atoms with Gasteiger partial charge in [-0.05, 0) is 35.9 Å². The van der Waals surface area contributed by atoms with Crippen LogP contribution in [-0.4, -0.2) is 14.1 Å². The van der Waals surface area contributed by atoms with Crippen molar-refractivity contribution in [3.8, 4) is 23.0 Å². The number of hydrogen-bond donors (Lipinski definition) is 0. The van der Waals surface area contributed by atoms with E-state index in [-0.39, 0.29) is 26.5 Å². The fourth-order valence-corrected chi connectivity index (χ4v) is 4.76. The van der Waals surface area contributed by atoms with Gasteiger partial charge in [-0.1, -0.05) is 56.2 Å². The summed E-state index contributed by atoms with van der Waals surface area (Å²) in [5, 5.41) is 2.26. The Morgan fingerprint density at radius 1 is 0.895 bits per heavy atom. The molecule has 194 valence electrons. The van der Waals surface area contributed by atoms with Gasteiger partial charge in [-0.25, -0.2) is 4.98 Å². The van der Waals surface area contributed by atoms with Gasteiger partial charge in [0.1, 0.15) is 5.82 Å². The summed E-state index contributed by atoms with van der Waals surface area (Å²) in [5.74, 6) is 2.11. The number of rotatable bonds is 4. The smallest absolute Gasteiger partial charge is 0.241 e. The first-order valence-electron chi connectivity index (χ1n) is 12.4. The second-order valence-electron chi connectivity index (χ2n) is 10.4. The van der Waals surface area contributed by atoms with Gasteiger partial charge in [0.15, 0.2) is 0 Å². The summed E-state index contributed by atoms with van der Waals surface area (Å²) in [6.45, 7) is 8.66. The minimum atomic E-state index is -0.0652. The Labute approximate surface area is 237 Å². The largest absolute Gasteiger partial charge is 0.510 e. The number of hydrogen-bond acceptors (Lipinski definition) is 2. The first-order chi connectivity index (χ1) is 17.8. The van der Waals surface area contributed by atoms with Crippen LogP contribution in [0.3, 0.4) is 0 Å². The molecule has 0 amide bonds. The van der Waals surface area contributed by atoms with E-state index in [1.165, 1.54) is 0 Å². The number of imidazole rings is 1. The Morgan fingerprint density at radius 3 is 2.39 bits per heavy atom. The average Bonchev–Trinajstić information content (AvgIpc) is 3.39. The quantitative estimate of drug-likeness (QED) is 0.156. The summed E-state index contributed by atoms with van der Waals surface area (Å²) in [7, 11) is 1.97. The molecule has 0 atom stereocenters. The van der Waals surface area contributed by atoms with Crippen molar-refractivity contribution in [3.05, 3.63) is 109 Å². The van der Waals surface area contributed by atoms with Crippen molar-refractivity contribution < 1.29 is 30.4 Å². The second-order valence-corrected chi connectivity index (χ2v) is 10.4. The molecule has 0 unspecified atom stereocenters. The van der Waals surface area contributed by atoms with Gasteiger partial charge in [0.25, 0.3) is 0 Å². The van der Waals surface area contributed by atoms with Crippen molar-refractivity contribution in [1.29, 1.82) is 0 Å². The van der Waals surface area contributed by atoms with Crippen LogP contribution in [-0.2, 0) is 33.5 Å². The molecule has 38 heavy (non-hydrogen) atoms. The maximum absolute atomic E-state index is 6.44. The molecule has 0 saturated heterocycles. The van der Waals surface area contributed by atoms with Crippen LogP contribution in [0.1, 0.15) is 32.0 Å². The van der Waals surface area contributed by atoms with Crippen LogP contribution in [0.2, 0.25) is 0 Å². The van der Waals surface area contributed by atoms with E-state index in [1.54, 1.807) is 0 Å². The Balaban J connectivity index is 0.00000294. The Hall–Kier alpha value is -3.69. The van der Waals surface area contributed by atoms with Crippen molar-refractivity contribution in [2.75, 3.05) is 0 Å². The molecule has 6 aromatic rings. The molecule has 5 nitrogen and oxygen atoms in total. The maximum Gasteiger partial charge on any atom is 0.241 e. The number of para-hydroxylation sites is 1. The third kappa shape index (κ3) is 4.67. The number of aromatic nitrogens is 4. The van der Waals surface area contributed by atoms with Gasteiger partial charge in [-0.2, -0.15) is 17.7 Å². The molecule has 0 aliphatic heterocycles. The fourth-order valence-electron chi connectivity index (χ4n) is 4.76. The van der Waals surface area contributed by atoms with Crippen molar-refractivity contribution in [1.82, 2.24) is 14.1 Å². The zero-order valence-corrected chi connectivity index (χ0v) is 24.3. The van der Waals surface area contributed by atoms with E-state index in [9.17, 15) is 0 Å². The van der Waals surface area contributed by atoms with E-state index >= 15 is 0 Å². The maximum atomic E-state index is 6.44. The molecule has 0 aliphatic carbocycles. The van der Waals surface area contributed by atoms with Crippen LogP contribution in [0.4, 0.5) is 0 Å². The average molecular weight is 680 g/mol. The number of fused-ring (bicyclic) bond motifs is 3. The number of ether oxygens (including phenoxy) is 1. The van der Waals surface area contributed by atoms with Crippen LogP contribution < -0.4 is 9.30 Å². The Morgan fingerprint density at radius 2 is 1.68 bits per heavy atom. The molecule has 0 radical (unpaired) electrons. The molecule has 6 rings (SSSR count). The van der Waals surface area contributed by atoms with E-state index in [1.807, 2.05) is 58.9 Å². The molecule has 0 spiro atoms. The van der Waals surface area contributed by atoms with Gasteiger partial charge in [0, 0.05) is 56.2 Å². The van der Waals surface area contributed by atoms with Crippen LogP contribution in [0.5, 0.6) is 11.5 Å². The predicted molar refractivity (Wildman–Crippen MR) is 146 cm³/mol. The van der Waals surface area contributed by atoms with Crippen LogP contribution in [0, 0.1) is 25.4 Å². The zero-order chi connectivity index (χ0) is 25.7. The minimum Gasteiger partial charge on any atom is -0.510 e. The third-order valence-electron chi connectivity index (χ3n) is 6.58. The summed E-state index contributed by atoms with van der Waals surface area (Å²) in [5.41, 5.74) is 5.06. The van der Waals surface area contributed by atoms with E-state index in [0.29, 0.717) is 11.5 Å². The van der Waals surface area contributed by atoms with Crippen LogP contribution in [0.25, 0.3) is 33.3 Å². The van der Waals surface area contributed by atoms with Gasteiger partial charge in [0.2, 0.25) is 6.33 Å². The summed E-state index contributed by atoms with van der Waals surface area (Å²) in [4.78, 5) is 4.62. The first-order valence-corrected chi connectivity index (χ1v) is 12.4. The van der Waals surface area contributed by atoms with Gasteiger partial charge < -0.3 is 18.4 Å². The Bertz CT molecular complexity index is 1760. The summed E-state index contributed by atoms with van der Waals surface area (Å²) in [6.07, 6.45) is 7.17. The molecule has 3 heterocycles. The van der Waals surface area contributed by atoms with Gasteiger partial charge in [0.05, 0.1) is 7.05 Å². The van der Waals surface area contributed by atoms with Crippen molar-refractivity contribution >= 4 is 21.8 Å². The molecule has 3 aromatic heterocycles. The number of benzene rings is 3. The normalized spacial score (nSPS) is 11.6. The summed E-state index contributed by atoms with van der Waals surface area (Å²) < 4.78 is 12.5. The number of aryl methyl sites for hydroxylation is 2. The molecule has 0 fully saturated rings. The molecule has 0 bridgehead atoms. The monoisotopic (exact) mass is 679 g/mol. The molecular weight excluding hydrogens is 651 g/mol. The van der Waals surface area contributed by atoms with E-state index in [4.69, 9.17) is 4.74 Å². The zero-order valence-electron chi connectivity index (χ0n) is 22.0. The van der Waals surface area contributed by atoms with E-state index in [2.05, 4.69) is 92.1 Å². The summed E-state index contributed by atoms with van der Waals surface area (Å²) in [6, 6.07) is 29.6. The number of nitrogens with zero attached hydrogens (tertiary/aromatic N) is 4. The van der Waals surface area contributed by atoms with Crippen LogP contribution >= 0.6 is 0 Å². The van der Waals surface area contributed by atoms with Crippen LogP contribution in [0.15, 0.2) is 79.1 Å². The Kier molecular flexibility index (Phi) is 6.75. The standard InChI is InChI=1S/C32H28N4O.Pt/c1-22-20-34(5)21-35(22)24-16-23(32(2,3)4)17-26(18-24)37-25-13-14-28-27-10-6-7-11-29(27)36(30(28)19-25)31-12-8-9-15-33-31;/h6-17,20H,1-5H3;/q-2;. The molecule has 6 heteroatoms. The van der Waals surface area contributed by atoms with Gasteiger partial charge in [-0.15, -0.1) is 29.7 Å². The third-order valence-corrected chi connectivity index (χ3v) is 6.58. The van der Waals surface area contributed by atoms with Crippen molar-refractivity contribution in [2.24, 2.45) is 7.05 Å². The minimum absolute atomic E-state index is 0. The van der Waals surface area contributed by atoms with Crippen molar-refractivity contribution in [2.45, 2.75) is 33.1 Å². The van der Waals surface area contributed by atoms with Crippen molar-refractivity contribution in [3.63, 3.8) is 0 Å². The molecule has 0 N–H and O–H groups in total. The summed E-state index contributed by atoms with van der Waals surface area (Å²) >= 11 is 0. The van der Waals surface area contributed by atoms with E-state index in [0.717, 1.165) is 44.6 Å². The SMILES string of the molecule is Cc1c[n+](C)[c-]n1-c1[c-]c(Oc2[c-]c3c(cc2)c2ccccc2n3-c2ccccn2)cc(C(C)(C)C)c1.[Pt]. The fraction of sp³-hybridized carbons (Fsp3) is 0.188. The molecular formula is C32H28N4OPt-2. The van der Waals surface area contributed by atoms with Gasteiger partial charge >= 0.3 is 0 Å². The van der Waals surface area contributed by atoms with E-state index < -0.39 is 0 Å². The molecule has 0 aliphatic rings. The first kappa shape index (κ1) is 25.9. The molecule has 3 aromatic carbocycles.